The highest BCUT2D eigenvalue weighted by Gasteiger charge is 1.96. The van der Waals surface area contributed by atoms with Crippen LogP contribution in [0.15, 0.2) is 17.4 Å². The van der Waals surface area contributed by atoms with E-state index < -0.39 is 0 Å². The van der Waals surface area contributed by atoms with Gasteiger partial charge in [0, 0.05) is 19.4 Å². The van der Waals surface area contributed by atoms with Crippen molar-refractivity contribution in [2.24, 2.45) is 12.0 Å². The Bertz CT molecular complexity index is 267. The number of imidazole rings is 1. The van der Waals surface area contributed by atoms with Gasteiger partial charge in [-0.05, 0) is 6.92 Å². The maximum Gasteiger partial charge on any atom is 0.150 e. The number of aliphatic hydroxyl groups excluding tert-OH is 1. The summed E-state index contributed by atoms with van der Waals surface area (Å²) in [4.78, 5) is 8.14. The van der Waals surface area contributed by atoms with Crippen molar-refractivity contribution < 1.29 is 5.11 Å². The second kappa shape index (κ2) is 4.01. The molecule has 0 fully saturated rings. The number of aliphatic imine (C=N–C) groups is 1. The first kappa shape index (κ1) is 8.93. The van der Waals surface area contributed by atoms with Crippen molar-refractivity contribution in [3.63, 3.8) is 0 Å². The van der Waals surface area contributed by atoms with E-state index in [2.05, 4.69) is 9.98 Å². The smallest absolute Gasteiger partial charge is 0.150 e. The molecule has 0 saturated heterocycles. The fourth-order valence-electron chi connectivity index (χ4n) is 0.743. The average molecular weight is 167 g/mol. The van der Waals surface area contributed by atoms with Gasteiger partial charge in [-0.1, -0.05) is 0 Å². The van der Waals surface area contributed by atoms with Gasteiger partial charge in [-0.3, -0.25) is 4.99 Å². The maximum absolute atomic E-state index is 8.69. The molecular formula is C8H13N3O. The van der Waals surface area contributed by atoms with Crippen LogP contribution in [-0.2, 0) is 7.05 Å². The third-order valence-electron chi connectivity index (χ3n) is 1.57. The number of aryl methyl sites for hydroxylation is 1. The number of rotatable bonds is 3. The van der Waals surface area contributed by atoms with E-state index in [1.54, 1.807) is 12.4 Å². The van der Waals surface area contributed by atoms with Gasteiger partial charge >= 0.3 is 0 Å². The standard InChI is InChI=1S/C8H13N3O/c1-7(6-12)10-5-8-9-3-4-11(8)2/h3-5,7,12H,6H2,1-2H3. The van der Waals surface area contributed by atoms with Gasteiger partial charge in [0.2, 0.25) is 0 Å². The SMILES string of the molecule is CC(CO)N=Cc1nccn1C. The monoisotopic (exact) mass is 167 g/mol. The lowest BCUT2D eigenvalue weighted by molar-refractivity contribution is 0.275. The minimum Gasteiger partial charge on any atom is -0.394 e. The Kier molecular flexibility index (Phi) is 2.99. The number of hydrogen-bond donors (Lipinski definition) is 1. The summed E-state index contributed by atoms with van der Waals surface area (Å²) in [6.45, 7) is 1.92. The largest absolute Gasteiger partial charge is 0.394 e. The van der Waals surface area contributed by atoms with Gasteiger partial charge in [0.15, 0.2) is 0 Å². The minimum absolute atomic E-state index is 0.0540. The van der Waals surface area contributed by atoms with Crippen molar-refractivity contribution in [1.82, 2.24) is 9.55 Å². The van der Waals surface area contributed by atoms with Crippen molar-refractivity contribution in [3.8, 4) is 0 Å². The van der Waals surface area contributed by atoms with Crippen molar-refractivity contribution in [1.29, 1.82) is 0 Å². The van der Waals surface area contributed by atoms with Crippen molar-refractivity contribution in [2.45, 2.75) is 13.0 Å². The number of aliphatic hydroxyl groups is 1. The Morgan fingerprint density at radius 2 is 2.58 bits per heavy atom. The van der Waals surface area contributed by atoms with Crippen LogP contribution in [0, 0.1) is 0 Å². The third-order valence-corrected chi connectivity index (χ3v) is 1.57. The van der Waals surface area contributed by atoms with Crippen LogP contribution < -0.4 is 0 Å². The molecule has 1 unspecified atom stereocenters. The first-order valence-corrected chi connectivity index (χ1v) is 3.85. The molecule has 0 amide bonds. The van der Waals surface area contributed by atoms with E-state index in [0.717, 1.165) is 5.82 Å². The van der Waals surface area contributed by atoms with E-state index in [1.807, 2.05) is 24.7 Å². The Balaban J connectivity index is 2.63. The quantitative estimate of drug-likeness (QED) is 0.655. The summed E-state index contributed by atoms with van der Waals surface area (Å²) in [5, 5.41) is 8.69. The molecule has 0 spiro atoms. The zero-order valence-electron chi connectivity index (χ0n) is 7.31. The van der Waals surface area contributed by atoms with E-state index in [0.29, 0.717) is 0 Å². The molecule has 0 aliphatic carbocycles. The van der Waals surface area contributed by atoms with Gasteiger partial charge in [0.05, 0.1) is 18.9 Å². The van der Waals surface area contributed by atoms with Crippen LogP contribution in [0.2, 0.25) is 0 Å². The van der Waals surface area contributed by atoms with Crippen LogP contribution in [0.1, 0.15) is 12.7 Å². The highest BCUT2D eigenvalue weighted by Crippen LogP contribution is 1.92. The fraction of sp³-hybridized carbons (Fsp3) is 0.500. The predicted octanol–water partition coefficient (Wildman–Crippen LogP) is 0.220. The number of nitrogens with zero attached hydrogens (tertiary/aromatic N) is 3. The van der Waals surface area contributed by atoms with Gasteiger partial charge < -0.3 is 9.67 Å². The first-order valence-electron chi connectivity index (χ1n) is 3.85. The summed E-state index contributed by atoms with van der Waals surface area (Å²) >= 11 is 0. The van der Waals surface area contributed by atoms with Crippen LogP contribution in [0.5, 0.6) is 0 Å². The Labute approximate surface area is 71.6 Å². The molecule has 0 saturated carbocycles. The molecule has 1 heterocycles. The lowest BCUT2D eigenvalue weighted by atomic mass is 10.4. The normalized spacial score (nSPS) is 13.9. The van der Waals surface area contributed by atoms with Crippen LogP contribution in [0.4, 0.5) is 0 Å². The molecule has 0 aromatic carbocycles. The summed E-state index contributed by atoms with van der Waals surface area (Å²) in [6, 6.07) is -0.0540. The average Bonchev–Trinajstić information content (AvgIpc) is 2.47. The zero-order chi connectivity index (χ0) is 8.97. The molecule has 1 aromatic heterocycles. The summed E-state index contributed by atoms with van der Waals surface area (Å²) < 4.78 is 1.87. The summed E-state index contributed by atoms with van der Waals surface area (Å²) in [7, 11) is 1.90. The molecule has 1 rings (SSSR count). The summed E-state index contributed by atoms with van der Waals surface area (Å²) in [5.74, 6) is 0.801. The highest BCUT2D eigenvalue weighted by molar-refractivity contribution is 5.74. The zero-order valence-corrected chi connectivity index (χ0v) is 7.31. The van der Waals surface area contributed by atoms with E-state index in [4.69, 9.17) is 5.11 Å². The molecule has 1 N–H and O–H groups in total. The van der Waals surface area contributed by atoms with Gasteiger partial charge in [-0.2, -0.15) is 0 Å². The minimum atomic E-state index is -0.0540. The number of aromatic nitrogens is 2. The van der Waals surface area contributed by atoms with Crippen molar-refractivity contribution in [3.05, 3.63) is 18.2 Å². The van der Waals surface area contributed by atoms with Crippen LogP contribution >= 0.6 is 0 Å². The lowest BCUT2D eigenvalue weighted by Gasteiger charge is -1.98. The van der Waals surface area contributed by atoms with Crippen LogP contribution in [0.25, 0.3) is 0 Å². The van der Waals surface area contributed by atoms with Crippen molar-refractivity contribution >= 4 is 6.21 Å². The lowest BCUT2D eigenvalue weighted by Crippen LogP contribution is -2.05. The van der Waals surface area contributed by atoms with Gasteiger partial charge in [-0.15, -0.1) is 0 Å². The molecular weight excluding hydrogens is 154 g/mol. The molecule has 12 heavy (non-hydrogen) atoms. The molecule has 1 aromatic rings. The second-order valence-corrected chi connectivity index (χ2v) is 2.71. The van der Waals surface area contributed by atoms with E-state index in [-0.39, 0.29) is 12.6 Å². The van der Waals surface area contributed by atoms with E-state index >= 15 is 0 Å². The Hall–Kier alpha value is -1.16. The molecule has 4 heteroatoms. The van der Waals surface area contributed by atoms with Gasteiger partial charge in [0.1, 0.15) is 5.82 Å². The molecule has 0 aliphatic rings. The topological polar surface area (TPSA) is 50.4 Å². The maximum atomic E-state index is 8.69. The van der Waals surface area contributed by atoms with Gasteiger partial charge in [-0.25, -0.2) is 4.98 Å². The third kappa shape index (κ3) is 2.17. The molecule has 66 valence electrons. The van der Waals surface area contributed by atoms with Gasteiger partial charge in [0.25, 0.3) is 0 Å². The summed E-state index contributed by atoms with van der Waals surface area (Å²) in [5.41, 5.74) is 0. The second-order valence-electron chi connectivity index (χ2n) is 2.71. The number of hydrogen-bond acceptors (Lipinski definition) is 3. The van der Waals surface area contributed by atoms with E-state index in [1.165, 1.54) is 0 Å². The Morgan fingerprint density at radius 3 is 3.08 bits per heavy atom. The summed E-state index contributed by atoms with van der Waals surface area (Å²) in [6.07, 6.45) is 5.23. The van der Waals surface area contributed by atoms with Crippen LogP contribution in [-0.4, -0.2) is 33.5 Å². The molecule has 0 aliphatic heterocycles. The Morgan fingerprint density at radius 1 is 1.83 bits per heavy atom. The predicted molar refractivity (Wildman–Crippen MR) is 47.3 cm³/mol. The molecule has 1 atom stereocenters. The first-order chi connectivity index (χ1) is 5.74. The molecule has 0 bridgehead atoms. The molecule has 0 radical (unpaired) electrons. The highest BCUT2D eigenvalue weighted by atomic mass is 16.3. The fourth-order valence-corrected chi connectivity index (χ4v) is 0.743. The van der Waals surface area contributed by atoms with Crippen molar-refractivity contribution in [2.75, 3.05) is 6.61 Å². The molecule has 4 nitrogen and oxygen atoms in total. The van der Waals surface area contributed by atoms with Crippen LogP contribution in [0.3, 0.4) is 0 Å². The van der Waals surface area contributed by atoms with E-state index in [9.17, 15) is 0 Å².